The van der Waals surface area contributed by atoms with Gasteiger partial charge in [0.2, 0.25) is 0 Å². The van der Waals surface area contributed by atoms with Crippen LogP contribution in [0.4, 0.5) is 4.39 Å². The first-order valence-corrected chi connectivity index (χ1v) is 9.29. The maximum absolute atomic E-state index is 14.2. The maximum atomic E-state index is 14.2. The molecule has 0 atom stereocenters. The van der Waals surface area contributed by atoms with Crippen molar-refractivity contribution in [3.8, 4) is 0 Å². The van der Waals surface area contributed by atoms with Crippen LogP contribution in [-0.4, -0.2) is 31.5 Å². The number of amides is 1. The lowest BCUT2D eigenvalue weighted by molar-refractivity contribution is -0.114. The Morgan fingerprint density at radius 2 is 1.93 bits per heavy atom. The van der Waals surface area contributed by atoms with E-state index in [2.05, 4.69) is 15.6 Å². The summed E-state index contributed by atoms with van der Waals surface area (Å²) in [5.74, 6) is -1.04. The van der Waals surface area contributed by atoms with Crippen LogP contribution >= 0.6 is 23.2 Å². The number of halogens is 3. The Balaban J connectivity index is 2.33. The average molecular weight is 440 g/mol. The molecule has 29 heavy (non-hydrogen) atoms. The van der Waals surface area contributed by atoms with Crippen LogP contribution in [0, 0.1) is 12.7 Å². The summed E-state index contributed by atoms with van der Waals surface area (Å²) in [6.07, 6.45) is 0. The van der Waals surface area contributed by atoms with Crippen LogP contribution in [0.2, 0.25) is 10.0 Å². The van der Waals surface area contributed by atoms with Crippen molar-refractivity contribution in [1.82, 2.24) is 5.32 Å². The zero-order chi connectivity index (χ0) is 21.6. The molecular formula is C20H20Cl2FN3O3. The van der Waals surface area contributed by atoms with E-state index in [-0.39, 0.29) is 33.6 Å². The number of carbonyl (C=O) groups excluding carboxylic acids is 1. The highest BCUT2D eigenvalue weighted by Gasteiger charge is 2.19. The molecule has 0 aliphatic carbocycles. The first-order chi connectivity index (χ1) is 13.8. The van der Waals surface area contributed by atoms with Gasteiger partial charge < -0.3 is 15.0 Å². The van der Waals surface area contributed by atoms with E-state index < -0.39 is 11.7 Å². The topological polar surface area (TPSA) is 72.3 Å². The minimum Gasteiger partial charge on any atom is -0.398 e. The monoisotopic (exact) mass is 439 g/mol. The third kappa shape index (κ3) is 5.46. The number of rotatable bonds is 7. The lowest BCUT2D eigenvalue weighted by Gasteiger charge is -2.13. The number of hydrogen-bond acceptors (Lipinski definition) is 5. The van der Waals surface area contributed by atoms with E-state index >= 15 is 0 Å². The van der Waals surface area contributed by atoms with Crippen LogP contribution in [0.3, 0.4) is 0 Å². The van der Waals surface area contributed by atoms with Gasteiger partial charge in [-0.25, -0.2) is 4.39 Å². The summed E-state index contributed by atoms with van der Waals surface area (Å²) in [5, 5.41) is 10.5. The van der Waals surface area contributed by atoms with Crippen molar-refractivity contribution >= 4 is 40.5 Å². The van der Waals surface area contributed by atoms with Gasteiger partial charge in [0.25, 0.3) is 5.91 Å². The van der Waals surface area contributed by atoms with E-state index in [0.29, 0.717) is 11.1 Å². The Bertz CT molecular complexity index is 978. The molecule has 0 saturated heterocycles. The molecule has 2 aromatic rings. The smallest absolute Gasteiger partial charge is 0.273 e. The molecule has 0 aliphatic rings. The summed E-state index contributed by atoms with van der Waals surface area (Å²) >= 11 is 11.8. The predicted molar refractivity (Wildman–Crippen MR) is 112 cm³/mol. The second-order valence-corrected chi connectivity index (χ2v) is 6.85. The molecule has 1 N–H and O–H groups in total. The Morgan fingerprint density at radius 1 is 1.21 bits per heavy atom. The molecule has 9 heteroatoms. The van der Waals surface area contributed by atoms with Crippen LogP contribution in [-0.2, 0) is 21.1 Å². The number of likely N-dealkylation sites (N-methyl/N-ethyl adjacent to an activating group) is 1. The van der Waals surface area contributed by atoms with Gasteiger partial charge in [0, 0.05) is 28.8 Å². The van der Waals surface area contributed by atoms with Gasteiger partial charge in [-0.1, -0.05) is 51.7 Å². The van der Waals surface area contributed by atoms with E-state index in [1.807, 2.05) is 13.0 Å². The Morgan fingerprint density at radius 3 is 2.59 bits per heavy atom. The first kappa shape index (κ1) is 22.6. The third-order valence-electron chi connectivity index (χ3n) is 4.08. The molecule has 0 bridgehead atoms. The van der Waals surface area contributed by atoms with Gasteiger partial charge in [-0.05, 0) is 31.5 Å². The summed E-state index contributed by atoms with van der Waals surface area (Å²) in [4.78, 5) is 22.4. The fraction of sp³-hybridized carbons (Fsp3) is 0.250. The minimum atomic E-state index is -0.633. The molecule has 0 saturated carbocycles. The molecule has 154 valence electrons. The number of oxime groups is 2. The van der Waals surface area contributed by atoms with Crippen molar-refractivity contribution in [3.63, 3.8) is 0 Å². The molecule has 1 amide bonds. The lowest BCUT2D eigenvalue weighted by atomic mass is 9.98. The molecule has 0 aromatic heterocycles. The van der Waals surface area contributed by atoms with Crippen molar-refractivity contribution in [2.75, 3.05) is 14.2 Å². The first-order valence-electron chi connectivity index (χ1n) is 8.53. The zero-order valence-corrected chi connectivity index (χ0v) is 17.9. The quantitative estimate of drug-likeness (QED) is 0.392. The number of benzene rings is 2. The zero-order valence-electron chi connectivity index (χ0n) is 16.3. The van der Waals surface area contributed by atoms with Crippen LogP contribution < -0.4 is 5.32 Å². The van der Waals surface area contributed by atoms with Gasteiger partial charge in [0.1, 0.15) is 13.7 Å². The standard InChI is InChI=1S/C20H20Cl2FN3O3/c1-11-6-5-7-14(19(26-28-4)20(27)24-3)16(11)10-29-25-12(2)15-8-13(21)9-17(22)18(15)23/h5-9H,10H2,1-4H3,(H,24,27)/b25-12+,26-19+. The average Bonchev–Trinajstić information content (AvgIpc) is 2.69. The molecule has 0 aliphatic heterocycles. The number of nitrogens with one attached hydrogen (secondary N) is 1. The predicted octanol–water partition coefficient (Wildman–Crippen LogP) is 4.48. The third-order valence-corrected chi connectivity index (χ3v) is 4.58. The normalized spacial score (nSPS) is 12.0. The second-order valence-electron chi connectivity index (χ2n) is 6.00. The molecule has 2 rings (SSSR count). The molecule has 0 unspecified atom stereocenters. The Kier molecular flexibility index (Phi) is 7.99. The SMILES string of the molecule is CNC(=O)/C(=N/OC)c1cccc(C)c1CO/N=C(\C)c1cc(Cl)cc(Cl)c1F. The summed E-state index contributed by atoms with van der Waals surface area (Å²) in [6.45, 7) is 3.46. The van der Waals surface area contributed by atoms with E-state index in [1.54, 1.807) is 19.1 Å². The summed E-state index contributed by atoms with van der Waals surface area (Å²) in [7, 11) is 2.85. The largest absolute Gasteiger partial charge is 0.398 e. The van der Waals surface area contributed by atoms with E-state index in [1.165, 1.54) is 26.3 Å². The van der Waals surface area contributed by atoms with Crippen LogP contribution in [0.25, 0.3) is 0 Å². The van der Waals surface area contributed by atoms with Gasteiger partial charge in [-0.3, -0.25) is 4.79 Å². The van der Waals surface area contributed by atoms with Crippen LogP contribution in [0.5, 0.6) is 0 Å². The molecule has 6 nitrogen and oxygen atoms in total. The van der Waals surface area contributed by atoms with E-state index in [9.17, 15) is 9.18 Å². The molecule has 0 fully saturated rings. The van der Waals surface area contributed by atoms with Crippen molar-refractivity contribution in [3.05, 3.63) is 68.4 Å². The van der Waals surface area contributed by atoms with Crippen molar-refractivity contribution in [2.45, 2.75) is 20.5 Å². The summed E-state index contributed by atoms with van der Waals surface area (Å²) < 4.78 is 14.2. The van der Waals surface area contributed by atoms with E-state index in [0.717, 1.165) is 5.56 Å². The van der Waals surface area contributed by atoms with Gasteiger partial charge in [0.05, 0.1) is 10.7 Å². The highest BCUT2D eigenvalue weighted by molar-refractivity contribution is 6.45. The van der Waals surface area contributed by atoms with Gasteiger partial charge in [0.15, 0.2) is 11.5 Å². The second kappa shape index (κ2) is 10.2. The lowest BCUT2D eigenvalue weighted by Crippen LogP contribution is -2.29. The molecular weight excluding hydrogens is 420 g/mol. The molecule has 2 aromatic carbocycles. The van der Waals surface area contributed by atoms with E-state index in [4.69, 9.17) is 32.9 Å². The molecule has 0 radical (unpaired) electrons. The number of hydrogen-bond donors (Lipinski definition) is 1. The van der Waals surface area contributed by atoms with Gasteiger partial charge >= 0.3 is 0 Å². The summed E-state index contributed by atoms with van der Waals surface area (Å²) in [6, 6.07) is 8.11. The summed E-state index contributed by atoms with van der Waals surface area (Å²) in [5.41, 5.74) is 2.59. The highest BCUT2D eigenvalue weighted by Crippen LogP contribution is 2.25. The number of nitrogens with zero attached hydrogens (tertiary/aromatic N) is 2. The fourth-order valence-electron chi connectivity index (χ4n) is 2.60. The van der Waals surface area contributed by atoms with Crippen LogP contribution in [0.1, 0.15) is 29.2 Å². The molecule has 0 spiro atoms. The Labute approximate surface area is 178 Å². The number of carbonyl (C=O) groups is 1. The van der Waals surface area contributed by atoms with Crippen LogP contribution in [0.15, 0.2) is 40.6 Å². The van der Waals surface area contributed by atoms with Crippen molar-refractivity contribution in [1.29, 1.82) is 0 Å². The van der Waals surface area contributed by atoms with Gasteiger partial charge in [-0.2, -0.15) is 0 Å². The fourth-order valence-corrected chi connectivity index (χ4v) is 3.09. The highest BCUT2D eigenvalue weighted by atomic mass is 35.5. The Hall–Kier alpha value is -2.64. The minimum absolute atomic E-state index is 0.0228. The van der Waals surface area contributed by atoms with Crippen molar-refractivity contribution in [2.24, 2.45) is 10.3 Å². The number of aryl methyl sites for hydroxylation is 1. The van der Waals surface area contributed by atoms with Crippen molar-refractivity contribution < 1.29 is 18.9 Å². The molecule has 0 heterocycles. The maximum Gasteiger partial charge on any atom is 0.273 e. The van der Waals surface area contributed by atoms with Gasteiger partial charge in [-0.15, -0.1) is 0 Å².